The van der Waals surface area contributed by atoms with Crippen molar-refractivity contribution in [2.45, 2.75) is 13.8 Å². The Labute approximate surface area is 143 Å². The van der Waals surface area contributed by atoms with Gasteiger partial charge in [-0.1, -0.05) is 6.07 Å². The van der Waals surface area contributed by atoms with E-state index in [-0.39, 0.29) is 11.6 Å². The topological polar surface area (TPSA) is 72.0 Å². The van der Waals surface area contributed by atoms with Crippen molar-refractivity contribution in [2.24, 2.45) is 0 Å². The van der Waals surface area contributed by atoms with Crippen LogP contribution in [0, 0.1) is 0 Å². The van der Waals surface area contributed by atoms with Crippen LogP contribution >= 0.6 is 11.3 Å². The van der Waals surface area contributed by atoms with Gasteiger partial charge in [0.25, 0.3) is 0 Å². The van der Waals surface area contributed by atoms with E-state index in [1.54, 1.807) is 25.3 Å². The molecular weight excluding hydrogens is 322 g/mol. The smallest absolute Gasteiger partial charge is 0.169 e. The van der Waals surface area contributed by atoms with E-state index < -0.39 is 0 Å². The molecular formula is C18H15N3O2S. The summed E-state index contributed by atoms with van der Waals surface area (Å²) in [5.41, 5.74) is 1.37. The maximum atomic E-state index is 11.4. The second kappa shape index (κ2) is 6.72. The summed E-state index contributed by atoms with van der Waals surface area (Å²) in [6.07, 6.45) is 1.58. The predicted molar refractivity (Wildman–Crippen MR) is 95.1 cm³/mol. The van der Waals surface area contributed by atoms with Crippen LogP contribution in [0.15, 0.2) is 48.7 Å². The maximum absolute atomic E-state index is 11.4. The van der Waals surface area contributed by atoms with Crippen LogP contribution in [0.25, 0.3) is 10.6 Å². The Hall–Kier alpha value is -2.86. The Morgan fingerprint density at radius 2 is 1.83 bits per heavy atom. The number of hydrogen-bond acceptors (Lipinski definition) is 6. The van der Waals surface area contributed by atoms with Gasteiger partial charge in [0.1, 0.15) is 11.6 Å². The summed E-state index contributed by atoms with van der Waals surface area (Å²) in [5.74, 6) is 1.21. The van der Waals surface area contributed by atoms with Crippen molar-refractivity contribution in [3.63, 3.8) is 0 Å². The molecule has 0 spiro atoms. The number of Topliss-reactive ketones (excluding diaryl/α,β-unsaturated/α-hetero) is 2. The molecule has 0 fully saturated rings. The van der Waals surface area contributed by atoms with Gasteiger partial charge in [0.2, 0.25) is 0 Å². The SMILES string of the molecule is CC(=O)c1ccnc(Nc2cccc(-c3ccc(C(C)=O)s3)n2)c1. The highest BCUT2D eigenvalue weighted by molar-refractivity contribution is 7.17. The molecule has 0 aliphatic heterocycles. The molecule has 3 heterocycles. The van der Waals surface area contributed by atoms with Crippen LogP contribution < -0.4 is 5.32 Å². The predicted octanol–water partition coefficient (Wildman–Crippen LogP) is 4.35. The molecule has 0 bridgehead atoms. The molecule has 0 aliphatic rings. The number of nitrogens with zero attached hydrogens (tertiary/aromatic N) is 2. The van der Waals surface area contributed by atoms with Crippen LogP contribution in [0.3, 0.4) is 0 Å². The van der Waals surface area contributed by atoms with E-state index in [0.29, 0.717) is 22.1 Å². The molecule has 6 heteroatoms. The second-order valence-electron chi connectivity index (χ2n) is 5.24. The number of carbonyl (C=O) groups excluding carboxylic acids is 2. The third-order valence-corrected chi connectivity index (χ3v) is 4.59. The zero-order valence-corrected chi connectivity index (χ0v) is 14.1. The molecule has 0 amide bonds. The van der Waals surface area contributed by atoms with E-state index in [4.69, 9.17) is 0 Å². The fraction of sp³-hybridized carbons (Fsp3) is 0.111. The van der Waals surface area contributed by atoms with E-state index >= 15 is 0 Å². The van der Waals surface area contributed by atoms with Crippen molar-refractivity contribution in [3.8, 4) is 10.6 Å². The van der Waals surface area contributed by atoms with Crippen LogP contribution in [0.2, 0.25) is 0 Å². The Morgan fingerprint density at radius 3 is 2.54 bits per heavy atom. The number of hydrogen-bond donors (Lipinski definition) is 1. The van der Waals surface area contributed by atoms with Gasteiger partial charge in [-0.2, -0.15) is 0 Å². The number of ketones is 2. The molecule has 0 atom stereocenters. The summed E-state index contributed by atoms with van der Waals surface area (Å²) in [4.78, 5) is 33.3. The molecule has 0 radical (unpaired) electrons. The lowest BCUT2D eigenvalue weighted by atomic mass is 10.2. The summed E-state index contributed by atoms with van der Waals surface area (Å²) in [6, 6.07) is 12.7. The average molecular weight is 337 g/mol. The van der Waals surface area contributed by atoms with Gasteiger partial charge in [0.05, 0.1) is 15.4 Å². The zero-order chi connectivity index (χ0) is 17.1. The lowest BCUT2D eigenvalue weighted by molar-refractivity contribution is 0.101. The lowest BCUT2D eigenvalue weighted by Crippen LogP contribution is -1.99. The first-order valence-corrected chi connectivity index (χ1v) is 8.17. The van der Waals surface area contributed by atoms with Gasteiger partial charge in [-0.15, -0.1) is 11.3 Å². The fourth-order valence-corrected chi connectivity index (χ4v) is 3.03. The average Bonchev–Trinajstić information content (AvgIpc) is 3.06. The van der Waals surface area contributed by atoms with Crippen molar-refractivity contribution >= 4 is 34.5 Å². The summed E-state index contributed by atoms with van der Waals surface area (Å²) in [7, 11) is 0. The normalized spacial score (nSPS) is 10.4. The van der Waals surface area contributed by atoms with Crippen molar-refractivity contribution in [2.75, 3.05) is 5.32 Å². The van der Waals surface area contributed by atoms with Gasteiger partial charge in [-0.3, -0.25) is 9.59 Å². The number of carbonyl (C=O) groups is 2. The van der Waals surface area contributed by atoms with Gasteiger partial charge in [0, 0.05) is 11.8 Å². The molecule has 1 N–H and O–H groups in total. The van der Waals surface area contributed by atoms with Gasteiger partial charge >= 0.3 is 0 Å². The van der Waals surface area contributed by atoms with Crippen molar-refractivity contribution in [1.82, 2.24) is 9.97 Å². The number of anilines is 2. The Balaban J connectivity index is 1.86. The molecule has 120 valence electrons. The molecule has 3 aromatic heterocycles. The van der Waals surface area contributed by atoms with Gasteiger partial charge in [-0.05, 0) is 50.2 Å². The van der Waals surface area contributed by atoms with Crippen molar-refractivity contribution < 1.29 is 9.59 Å². The minimum atomic E-state index is -0.0162. The molecule has 0 saturated carbocycles. The summed E-state index contributed by atoms with van der Waals surface area (Å²) >= 11 is 1.42. The summed E-state index contributed by atoms with van der Waals surface area (Å²) in [5, 5.41) is 3.10. The highest BCUT2D eigenvalue weighted by Gasteiger charge is 2.08. The maximum Gasteiger partial charge on any atom is 0.169 e. The summed E-state index contributed by atoms with van der Waals surface area (Å²) in [6.45, 7) is 3.07. The molecule has 0 aromatic carbocycles. The standard InChI is InChI=1S/C18H15N3O2S/c1-11(22)13-8-9-19-18(10-13)21-17-5-3-4-14(20-17)16-7-6-15(24-16)12(2)23/h3-10H,1-2H3,(H,19,20,21). The second-order valence-corrected chi connectivity index (χ2v) is 6.32. The molecule has 0 saturated heterocycles. The van der Waals surface area contributed by atoms with Gasteiger partial charge in [-0.25, -0.2) is 9.97 Å². The lowest BCUT2D eigenvalue weighted by Gasteiger charge is -2.07. The first-order chi connectivity index (χ1) is 11.5. The first-order valence-electron chi connectivity index (χ1n) is 7.35. The summed E-state index contributed by atoms with van der Waals surface area (Å²) < 4.78 is 0. The zero-order valence-electron chi connectivity index (χ0n) is 13.2. The molecule has 0 aliphatic carbocycles. The van der Waals surface area contributed by atoms with Crippen molar-refractivity contribution in [3.05, 3.63) is 59.1 Å². The van der Waals surface area contributed by atoms with E-state index in [9.17, 15) is 9.59 Å². The van der Waals surface area contributed by atoms with Crippen LogP contribution in [0.5, 0.6) is 0 Å². The largest absolute Gasteiger partial charge is 0.325 e. The van der Waals surface area contributed by atoms with E-state index in [0.717, 1.165) is 10.6 Å². The third-order valence-electron chi connectivity index (χ3n) is 3.38. The molecule has 3 rings (SSSR count). The van der Waals surface area contributed by atoms with Crippen LogP contribution in [-0.2, 0) is 0 Å². The third kappa shape index (κ3) is 3.55. The number of thiophene rings is 1. The number of nitrogens with one attached hydrogen (secondary N) is 1. The number of aromatic nitrogens is 2. The Kier molecular flexibility index (Phi) is 4.48. The first kappa shape index (κ1) is 16.0. The van der Waals surface area contributed by atoms with Crippen LogP contribution in [0.4, 0.5) is 11.6 Å². The van der Waals surface area contributed by atoms with Crippen LogP contribution in [0.1, 0.15) is 33.9 Å². The molecule has 3 aromatic rings. The van der Waals surface area contributed by atoms with Gasteiger partial charge in [0.15, 0.2) is 11.6 Å². The minimum Gasteiger partial charge on any atom is -0.325 e. The van der Waals surface area contributed by atoms with Crippen LogP contribution in [-0.4, -0.2) is 21.5 Å². The number of pyridine rings is 2. The highest BCUT2D eigenvalue weighted by atomic mass is 32.1. The van der Waals surface area contributed by atoms with Gasteiger partial charge < -0.3 is 5.32 Å². The quantitative estimate of drug-likeness (QED) is 0.701. The minimum absolute atomic E-state index is 0.0162. The number of rotatable bonds is 5. The molecule has 0 unspecified atom stereocenters. The molecule has 24 heavy (non-hydrogen) atoms. The Bertz CT molecular complexity index is 918. The molecule has 5 nitrogen and oxygen atoms in total. The monoisotopic (exact) mass is 337 g/mol. The van der Waals surface area contributed by atoms with E-state index in [1.165, 1.54) is 18.3 Å². The Morgan fingerprint density at radius 1 is 1.00 bits per heavy atom. The highest BCUT2D eigenvalue weighted by Crippen LogP contribution is 2.28. The fourth-order valence-electron chi connectivity index (χ4n) is 2.16. The van der Waals surface area contributed by atoms with E-state index in [2.05, 4.69) is 15.3 Å². The van der Waals surface area contributed by atoms with E-state index in [1.807, 2.05) is 30.3 Å². The van der Waals surface area contributed by atoms with Crippen molar-refractivity contribution in [1.29, 1.82) is 0 Å².